The molecule has 13 heavy (non-hydrogen) atoms. The third-order valence-electron chi connectivity index (χ3n) is 2.11. The molecule has 0 heterocycles. The highest BCUT2D eigenvalue weighted by Crippen LogP contribution is 2.35. The zero-order valence-electron chi connectivity index (χ0n) is 8.68. The zero-order valence-corrected chi connectivity index (χ0v) is 8.68. The van der Waals surface area contributed by atoms with Crippen molar-refractivity contribution in [2.75, 3.05) is 12.4 Å². The first kappa shape index (κ1) is 9.90. The molecule has 0 radical (unpaired) electrons. The van der Waals surface area contributed by atoms with Crippen molar-refractivity contribution < 1.29 is 5.11 Å². The van der Waals surface area contributed by atoms with Crippen molar-refractivity contribution in [1.29, 1.82) is 0 Å². The second-order valence-electron chi connectivity index (χ2n) is 4.20. The van der Waals surface area contributed by atoms with Gasteiger partial charge in [0.15, 0.2) is 0 Å². The predicted octanol–water partition coefficient (Wildman–Crippen LogP) is 2.73. The van der Waals surface area contributed by atoms with Gasteiger partial charge in [0.05, 0.1) is 5.69 Å². The fraction of sp³-hybridized carbons (Fsp3) is 0.455. The lowest BCUT2D eigenvalue weighted by molar-refractivity contribution is 0.449. The zero-order chi connectivity index (χ0) is 10.1. The Labute approximate surface area is 79.6 Å². The standard InChI is InChI=1S/C11H17NO/c1-11(2,3)8-6-5-7-9(12-4)10(8)13/h5-7,12-13H,1-4H3. The smallest absolute Gasteiger partial charge is 0.142 e. The lowest BCUT2D eigenvalue weighted by atomic mass is 9.86. The minimum atomic E-state index is -0.0169. The van der Waals surface area contributed by atoms with Gasteiger partial charge in [-0.2, -0.15) is 0 Å². The average molecular weight is 179 g/mol. The Kier molecular flexibility index (Phi) is 2.50. The lowest BCUT2D eigenvalue weighted by Gasteiger charge is -2.21. The van der Waals surface area contributed by atoms with Gasteiger partial charge in [-0.05, 0) is 11.5 Å². The summed E-state index contributed by atoms with van der Waals surface area (Å²) in [5.41, 5.74) is 1.74. The average Bonchev–Trinajstić information content (AvgIpc) is 2.02. The highest BCUT2D eigenvalue weighted by atomic mass is 16.3. The van der Waals surface area contributed by atoms with E-state index in [-0.39, 0.29) is 5.41 Å². The van der Waals surface area contributed by atoms with Crippen LogP contribution < -0.4 is 5.32 Å². The fourth-order valence-electron chi connectivity index (χ4n) is 1.35. The van der Waals surface area contributed by atoms with Crippen molar-refractivity contribution in [3.63, 3.8) is 0 Å². The summed E-state index contributed by atoms with van der Waals surface area (Å²) in [5.74, 6) is 0.359. The van der Waals surface area contributed by atoms with Crippen molar-refractivity contribution in [2.24, 2.45) is 0 Å². The Hall–Kier alpha value is -1.18. The van der Waals surface area contributed by atoms with Gasteiger partial charge >= 0.3 is 0 Å². The maximum Gasteiger partial charge on any atom is 0.142 e. The molecule has 2 nitrogen and oxygen atoms in total. The Bertz CT molecular complexity index is 299. The van der Waals surface area contributed by atoms with E-state index >= 15 is 0 Å². The van der Waals surface area contributed by atoms with Gasteiger partial charge in [0, 0.05) is 12.6 Å². The largest absolute Gasteiger partial charge is 0.505 e. The summed E-state index contributed by atoms with van der Waals surface area (Å²) >= 11 is 0. The van der Waals surface area contributed by atoms with E-state index in [0.29, 0.717) is 5.75 Å². The topological polar surface area (TPSA) is 32.3 Å². The molecular weight excluding hydrogens is 162 g/mol. The van der Waals surface area contributed by atoms with E-state index in [2.05, 4.69) is 26.1 Å². The summed E-state index contributed by atoms with van der Waals surface area (Å²) in [6, 6.07) is 5.77. The molecule has 0 saturated carbocycles. The van der Waals surface area contributed by atoms with Crippen molar-refractivity contribution >= 4 is 5.69 Å². The predicted molar refractivity (Wildman–Crippen MR) is 56.4 cm³/mol. The molecule has 0 aliphatic heterocycles. The molecule has 72 valence electrons. The first-order valence-electron chi connectivity index (χ1n) is 4.47. The normalized spacial score (nSPS) is 11.4. The van der Waals surface area contributed by atoms with Crippen LogP contribution in [-0.2, 0) is 5.41 Å². The molecule has 0 bridgehead atoms. The van der Waals surface area contributed by atoms with Crippen LogP contribution in [0, 0.1) is 0 Å². The third kappa shape index (κ3) is 1.94. The summed E-state index contributed by atoms with van der Waals surface area (Å²) < 4.78 is 0. The Balaban J connectivity index is 3.24. The summed E-state index contributed by atoms with van der Waals surface area (Å²) in [5, 5.41) is 12.8. The van der Waals surface area contributed by atoms with Gasteiger partial charge in [-0.1, -0.05) is 32.9 Å². The number of para-hydroxylation sites is 1. The number of nitrogens with one attached hydrogen (secondary N) is 1. The maximum atomic E-state index is 9.86. The maximum absolute atomic E-state index is 9.86. The van der Waals surface area contributed by atoms with E-state index in [4.69, 9.17) is 0 Å². The second-order valence-corrected chi connectivity index (χ2v) is 4.20. The number of phenols is 1. The van der Waals surface area contributed by atoms with Crippen LogP contribution in [0.2, 0.25) is 0 Å². The molecule has 0 saturated heterocycles. The minimum Gasteiger partial charge on any atom is -0.505 e. The van der Waals surface area contributed by atoms with Crippen LogP contribution in [0.25, 0.3) is 0 Å². The van der Waals surface area contributed by atoms with Gasteiger partial charge in [-0.25, -0.2) is 0 Å². The van der Waals surface area contributed by atoms with Gasteiger partial charge < -0.3 is 10.4 Å². The van der Waals surface area contributed by atoms with Gasteiger partial charge in [0.2, 0.25) is 0 Å². The quantitative estimate of drug-likeness (QED) is 0.650. The first-order valence-corrected chi connectivity index (χ1v) is 4.47. The molecule has 0 aliphatic carbocycles. The molecular formula is C11H17NO. The van der Waals surface area contributed by atoms with E-state index < -0.39 is 0 Å². The monoisotopic (exact) mass is 179 g/mol. The highest BCUT2D eigenvalue weighted by molar-refractivity contribution is 5.60. The van der Waals surface area contributed by atoms with Crippen molar-refractivity contribution in [1.82, 2.24) is 0 Å². The summed E-state index contributed by atoms with van der Waals surface area (Å²) in [6.07, 6.45) is 0. The Morgan fingerprint density at radius 2 is 1.85 bits per heavy atom. The van der Waals surface area contributed by atoms with E-state index in [1.807, 2.05) is 25.2 Å². The number of rotatable bonds is 1. The van der Waals surface area contributed by atoms with Crippen LogP contribution in [-0.4, -0.2) is 12.2 Å². The number of aromatic hydroxyl groups is 1. The van der Waals surface area contributed by atoms with Crippen molar-refractivity contribution in [3.05, 3.63) is 23.8 Å². The van der Waals surface area contributed by atoms with Crippen LogP contribution in [0.5, 0.6) is 5.75 Å². The van der Waals surface area contributed by atoms with Crippen LogP contribution in [0.1, 0.15) is 26.3 Å². The molecule has 0 aromatic heterocycles. The number of benzene rings is 1. The SMILES string of the molecule is CNc1cccc(C(C)(C)C)c1O. The van der Waals surface area contributed by atoms with Crippen molar-refractivity contribution in [2.45, 2.75) is 26.2 Å². The fourth-order valence-corrected chi connectivity index (χ4v) is 1.35. The molecule has 0 spiro atoms. The molecule has 0 aliphatic rings. The summed E-state index contributed by atoms with van der Waals surface area (Å²) in [6.45, 7) is 6.25. The van der Waals surface area contributed by atoms with E-state index in [0.717, 1.165) is 11.3 Å². The number of hydrogen-bond acceptors (Lipinski definition) is 2. The van der Waals surface area contributed by atoms with Crippen LogP contribution in [0.15, 0.2) is 18.2 Å². The number of phenolic OH excluding ortho intramolecular Hbond substituents is 1. The third-order valence-corrected chi connectivity index (χ3v) is 2.11. The van der Waals surface area contributed by atoms with E-state index in [1.165, 1.54) is 0 Å². The molecule has 2 N–H and O–H groups in total. The Morgan fingerprint density at radius 1 is 1.23 bits per heavy atom. The van der Waals surface area contributed by atoms with Crippen LogP contribution in [0.3, 0.4) is 0 Å². The van der Waals surface area contributed by atoms with Gasteiger partial charge in [0.1, 0.15) is 5.75 Å². The molecule has 0 atom stereocenters. The molecule has 0 amide bonds. The number of hydrogen-bond donors (Lipinski definition) is 2. The minimum absolute atomic E-state index is 0.0169. The van der Waals surface area contributed by atoms with Crippen LogP contribution in [0.4, 0.5) is 5.69 Å². The van der Waals surface area contributed by atoms with Gasteiger partial charge in [-0.15, -0.1) is 0 Å². The highest BCUT2D eigenvalue weighted by Gasteiger charge is 2.18. The first-order chi connectivity index (χ1) is 5.96. The van der Waals surface area contributed by atoms with Gasteiger partial charge in [0.25, 0.3) is 0 Å². The molecule has 2 heteroatoms. The lowest BCUT2D eigenvalue weighted by Crippen LogP contribution is -2.11. The molecule has 1 aromatic carbocycles. The second kappa shape index (κ2) is 3.29. The molecule has 0 fully saturated rings. The van der Waals surface area contributed by atoms with E-state index in [1.54, 1.807) is 0 Å². The van der Waals surface area contributed by atoms with Crippen molar-refractivity contribution in [3.8, 4) is 5.75 Å². The number of anilines is 1. The van der Waals surface area contributed by atoms with E-state index in [9.17, 15) is 5.11 Å². The molecule has 1 aromatic rings. The van der Waals surface area contributed by atoms with Crippen LogP contribution >= 0.6 is 0 Å². The summed E-state index contributed by atoms with van der Waals surface area (Å²) in [7, 11) is 1.81. The molecule has 0 unspecified atom stereocenters. The summed E-state index contributed by atoms with van der Waals surface area (Å²) in [4.78, 5) is 0. The Morgan fingerprint density at radius 3 is 2.31 bits per heavy atom. The molecule has 1 rings (SSSR count). The van der Waals surface area contributed by atoms with Gasteiger partial charge in [-0.3, -0.25) is 0 Å².